The highest BCUT2D eigenvalue weighted by molar-refractivity contribution is 5.96. The van der Waals surface area contributed by atoms with Crippen molar-refractivity contribution in [2.24, 2.45) is 0 Å². The van der Waals surface area contributed by atoms with Gasteiger partial charge in [-0.25, -0.2) is 9.59 Å². The lowest BCUT2D eigenvalue weighted by atomic mass is 9.81. The summed E-state index contributed by atoms with van der Waals surface area (Å²) in [7, 11) is 0. The van der Waals surface area contributed by atoms with Crippen LogP contribution in [0.3, 0.4) is 0 Å². The molecular formula is C26H28N2O5. The molecule has 0 aromatic heterocycles. The third-order valence-electron chi connectivity index (χ3n) is 7.34. The topological polar surface area (TPSA) is 105 Å². The van der Waals surface area contributed by atoms with E-state index in [1.54, 1.807) is 0 Å². The molecule has 3 aliphatic rings. The van der Waals surface area contributed by atoms with Crippen LogP contribution in [0.2, 0.25) is 0 Å². The molecule has 0 atom stereocenters. The Balaban J connectivity index is 1.24. The molecule has 2 saturated carbocycles. The van der Waals surface area contributed by atoms with Gasteiger partial charge in [0.15, 0.2) is 0 Å². The highest BCUT2D eigenvalue weighted by Gasteiger charge is 2.55. The Bertz CT molecular complexity index is 1060. The van der Waals surface area contributed by atoms with E-state index in [0.29, 0.717) is 25.7 Å². The van der Waals surface area contributed by atoms with E-state index in [1.165, 1.54) is 0 Å². The number of carbonyl (C=O) groups excluding carboxylic acids is 2. The summed E-state index contributed by atoms with van der Waals surface area (Å²) >= 11 is 0. The summed E-state index contributed by atoms with van der Waals surface area (Å²) in [6.07, 6.45) is 3.60. The van der Waals surface area contributed by atoms with Gasteiger partial charge in [-0.15, -0.1) is 0 Å². The second-order valence-electron chi connectivity index (χ2n) is 9.43. The Morgan fingerprint density at radius 2 is 1.39 bits per heavy atom. The zero-order chi connectivity index (χ0) is 23.1. The van der Waals surface area contributed by atoms with E-state index in [1.807, 2.05) is 36.4 Å². The summed E-state index contributed by atoms with van der Waals surface area (Å²) in [4.78, 5) is 37.5. The number of amides is 2. The number of hydrogen-bond donors (Lipinski definition) is 3. The van der Waals surface area contributed by atoms with Gasteiger partial charge in [0.25, 0.3) is 0 Å². The number of fused-ring (bicyclic) bond motifs is 3. The number of benzene rings is 2. The van der Waals surface area contributed by atoms with Crippen molar-refractivity contribution < 1.29 is 24.2 Å². The Hall–Kier alpha value is -3.35. The Morgan fingerprint density at radius 3 is 1.94 bits per heavy atom. The molecule has 2 amide bonds. The minimum Gasteiger partial charge on any atom is -0.480 e. The first-order valence-electron chi connectivity index (χ1n) is 11.6. The standard InChI is InChI=1S/C26H28N2O5/c29-22(27-26(23(30)31)12-6-1-7-13-26)25(14-15-25)28-24(32)33-16-21-19-10-4-2-8-17(19)18-9-3-5-11-20(18)21/h2-5,8-11,21H,1,6-7,12-16H2,(H,27,29)(H,28,32)(H,30,31). The molecule has 5 rings (SSSR count). The van der Waals surface area contributed by atoms with Crippen molar-refractivity contribution in [3.63, 3.8) is 0 Å². The number of hydrogen-bond acceptors (Lipinski definition) is 4. The third-order valence-corrected chi connectivity index (χ3v) is 7.34. The molecule has 7 heteroatoms. The molecule has 0 saturated heterocycles. The van der Waals surface area contributed by atoms with Crippen LogP contribution < -0.4 is 10.6 Å². The molecule has 3 aliphatic carbocycles. The second-order valence-corrected chi connectivity index (χ2v) is 9.43. The van der Waals surface area contributed by atoms with Gasteiger partial charge < -0.3 is 20.5 Å². The predicted molar refractivity (Wildman–Crippen MR) is 122 cm³/mol. The minimum atomic E-state index is -1.24. The van der Waals surface area contributed by atoms with Crippen molar-refractivity contribution in [1.82, 2.24) is 10.6 Å². The highest BCUT2D eigenvalue weighted by Crippen LogP contribution is 2.44. The van der Waals surface area contributed by atoms with Gasteiger partial charge in [-0.05, 0) is 47.9 Å². The quantitative estimate of drug-likeness (QED) is 0.620. The van der Waals surface area contributed by atoms with Crippen LogP contribution in [0, 0.1) is 0 Å². The fourth-order valence-corrected chi connectivity index (χ4v) is 5.25. The highest BCUT2D eigenvalue weighted by atomic mass is 16.5. The Labute approximate surface area is 192 Å². The number of nitrogens with one attached hydrogen (secondary N) is 2. The largest absolute Gasteiger partial charge is 0.480 e. The molecule has 0 radical (unpaired) electrons. The first-order chi connectivity index (χ1) is 15.9. The predicted octanol–water partition coefficient (Wildman–Crippen LogP) is 3.96. The maximum Gasteiger partial charge on any atom is 0.408 e. The second kappa shape index (κ2) is 8.21. The number of carbonyl (C=O) groups is 3. The summed E-state index contributed by atoms with van der Waals surface area (Å²) in [5, 5.41) is 15.2. The van der Waals surface area contributed by atoms with Gasteiger partial charge in [0.2, 0.25) is 5.91 Å². The van der Waals surface area contributed by atoms with E-state index in [0.717, 1.165) is 41.5 Å². The SMILES string of the molecule is O=C(NC1(C(=O)NC2(C(=O)O)CCCCC2)CC1)OCC1c2ccccc2-c2ccccc21. The van der Waals surface area contributed by atoms with Crippen LogP contribution in [-0.2, 0) is 14.3 Å². The van der Waals surface area contributed by atoms with Gasteiger partial charge in [-0.3, -0.25) is 4.79 Å². The van der Waals surface area contributed by atoms with Crippen molar-refractivity contribution in [2.45, 2.75) is 61.9 Å². The summed E-state index contributed by atoms with van der Waals surface area (Å²) < 4.78 is 5.58. The van der Waals surface area contributed by atoms with Crippen LogP contribution in [0.25, 0.3) is 11.1 Å². The first kappa shape index (κ1) is 21.5. The molecule has 3 N–H and O–H groups in total. The lowest BCUT2D eigenvalue weighted by Crippen LogP contribution is -2.61. The molecule has 0 spiro atoms. The molecule has 0 unspecified atom stereocenters. The van der Waals surface area contributed by atoms with Crippen LogP contribution in [0.4, 0.5) is 4.79 Å². The summed E-state index contributed by atoms with van der Waals surface area (Å²) in [5.74, 6) is -1.50. The minimum absolute atomic E-state index is 0.0651. The van der Waals surface area contributed by atoms with Crippen LogP contribution in [-0.4, -0.2) is 40.8 Å². The number of aliphatic carboxylic acids is 1. The molecule has 172 valence electrons. The van der Waals surface area contributed by atoms with Gasteiger partial charge in [0.1, 0.15) is 17.7 Å². The Kier molecular flexibility index (Phi) is 5.35. The summed E-state index contributed by atoms with van der Waals surface area (Å²) in [6, 6.07) is 16.2. The number of rotatable bonds is 6. The van der Waals surface area contributed by atoms with Crippen LogP contribution in [0.1, 0.15) is 62.0 Å². The lowest BCUT2D eigenvalue weighted by Gasteiger charge is -2.35. The monoisotopic (exact) mass is 448 g/mol. The molecule has 0 bridgehead atoms. The molecule has 0 aliphatic heterocycles. The van der Waals surface area contributed by atoms with Gasteiger partial charge >= 0.3 is 12.1 Å². The van der Waals surface area contributed by atoms with E-state index in [2.05, 4.69) is 22.8 Å². The van der Waals surface area contributed by atoms with E-state index >= 15 is 0 Å². The molecule has 33 heavy (non-hydrogen) atoms. The third kappa shape index (κ3) is 3.86. The fourth-order valence-electron chi connectivity index (χ4n) is 5.25. The Morgan fingerprint density at radius 1 is 0.818 bits per heavy atom. The zero-order valence-electron chi connectivity index (χ0n) is 18.4. The van der Waals surface area contributed by atoms with Gasteiger partial charge in [0.05, 0.1) is 0 Å². The smallest absolute Gasteiger partial charge is 0.408 e. The number of carboxylic acid groups (broad SMARTS) is 1. The first-order valence-corrected chi connectivity index (χ1v) is 11.6. The van der Waals surface area contributed by atoms with Crippen molar-refractivity contribution in [3.8, 4) is 11.1 Å². The van der Waals surface area contributed by atoms with Crippen LogP contribution in [0.15, 0.2) is 48.5 Å². The normalized spacial score (nSPS) is 19.6. The fraction of sp³-hybridized carbons (Fsp3) is 0.423. The number of ether oxygens (including phenoxy) is 1. The lowest BCUT2D eigenvalue weighted by molar-refractivity contribution is -0.149. The molecule has 2 aromatic rings. The molecule has 7 nitrogen and oxygen atoms in total. The zero-order valence-corrected chi connectivity index (χ0v) is 18.4. The molecule has 0 heterocycles. The maximum atomic E-state index is 13.0. The van der Waals surface area contributed by atoms with Crippen LogP contribution >= 0.6 is 0 Å². The van der Waals surface area contributed by atoms with E-state index < -0.39 is 29.0 Å². The maximum absolute atomic E-state index is 13.0. The number of alkyl carbamates (subject to hydrolysis) is 1. The molecular weight excluding hydrogens is 420 g/mol. The summed E-state index contributed by atoms with van der Waals surface area (Å²) in [6.45, 7) is 0.163. The van der Waals surface area contributed by atoms with E-state index in [-0.39, 0.29) is 12.5 Å². The molecule has 2 aromatic carbocycles. The molecule has 2 fully saturated rings. The summed E-state index contributed by atoms with van der Waals surface area (Å²) in [5.41, 5.74) is 2.20. The van der Waals surface area contributed by atoms with Gasteiger partial charge in [-0.1, -0.05) is 67.8 Å². The number of carboxylic acids is 1. The van der Waals surface area contributed by atoms with Crippen molar-refractivity contribution >= 4 is 18.0 Å². The average Bonchev–Trinajstić information content (AvgIpc) is 3.54. The van der Waals surface area contributed by atoms with Gasteiger partial charge in [-0.2, -0.15) is 0 Å². The van der Waals surface area contributed by atoms with Crippen molar-refractivity contribution in [2.75, 3.05) is 6.61 Å². The van der Waals surface area contributed by atoms with E-state index in [4.69, 9.17) is 4.74 Å². The van der Waals surface area contributed by atoms with Crippen molar-refractivity contribution in [1.29, 1.82) is 0 Å². The van der Waals surface area contributed by atoms with Crippen LogP contribution in [0.5, 0.6) is 0 Å². The van der Waals surface area contributed by atoms with E-state index in [9.17, 15) is 19.5 Å². The van der Waals surface area contributed by atoms with Gasteiger partial charge in [0, 0.05) is 5.92 Å². The average molecular weight is 449 g/mol. The van der Waals surface area contributed by atoms with Crippen molar-refractivity contribution in [3.05, 3.63) is 59.7 Å².